The van der Waals surface area contributed by atoms with Crippen molar-refractivity contribution in [3.05, 3.63) is 0 Å². The summed E-state index contributed by atoms with van der Waals surface area (Å²) in [5.41, 5.74) is -0.728. The largest absolute Gasteiger partial charge is 0.480 e. The Morgan fingerprint density at radius 2 is 2.33 bits per heavy atom. The molecule has 1 aliphatic rings. The lowest BCUT2D eigenvalue weighted by Gasteiger charge is -2.42. The minimum atomic E-state index is -0.728. The third kappa shape index (κ3) is 2.49. The number of hydrogen-bond donors (Lipinski definition) is 3. The van der Waals surface area contributed by atoms with Crippen LogP contribution in [0.25, 0.3) is 0 Å². The number of carboxylic acids is 1. The van der Waals surface area contributed by atoms with Crippen molar-refractivity contribution in [3.63, 3.8) is 0 Å². The van der Waals surface area contributed by atoms with Gasteiger partial charge >= 0.3 is 5.97 Å². The predicted octanol–water partition coefficient (Wildman–Crippen LogP) is 0.827. The molecule has 1 fully saturated rings. The van der Waals surface area contributed by atoms with Crippen LogP contribution < -0.4 is 10.6 Å². The van der Waals surface area contributed by atoms with Crippen molar-refractivity contribution in [2.45, 2.75) is 45.2 Å². The molecule has 1 rings (SSSR count). The van der Waals surface area contributed by atoms with Crippen LogP contribution in [0.3, 0.4) is 0 Å². The van der Waals surface area contributed by atoms with Crippen LogP contribution in [0, 0.1) is 5.92 Å². The fourth-order valence-corrected chi connectivity index (χ4v) is 2.48. The van der Waals surface area contributed by atoms with Gasteiger partial charge in [0.2, 0.25) is 0 Å². The number of carboxylic acid groups (broad SMARTS) is 1. The number of nitrogens with one attached hydrogen (secondary N) is 2. The van der Waals surface area contributed by atoms with Crippen LogP contribution in [0.1, 0.15) is 33.6 Å². The average molecular weight is 214 g/mol. The second-order valence-electron chi connectivity index (χ2n) is 4.63. The molecule has 4 heteroatoms. The van der Waals surface area contributed by atoms with Gasteiger partial charge < -0.3 is 10.4 Å². The van der Waals surface area contributed by atoms with E-state index in [9.17, 15) is 9.90 Å². The van der Waals surface area contributed by atoms with Crippen molar-refractivity contribution in [3.8, 4) is 0 Å². The monoisotopic (exact) mass is 214 g/mol. The molecule has 0 aliphatic carbocycles. The maximum atomic E-state index is 11.5. The normalized spacial score (nSPS) is 31.9. The van der Waals surface area contributed by atoms with Crippen LogP contribution in [0.5, 0.6) is 0 Å². The van der Waals surface area contributed by atoms with Gasteiger partial charge in [0.25, 0.3) is 0 Å². The summed E-state index contributed by atoms with van der Waals surface area (Å²) < 4.78 is 0. The molecule has 0 spiro atoms. The molecule has 0 amide bonds. The quantitative estimate of drug-likeness (QED) is 0.648. The van der Waals surface area contributed by atoms with Crippen molar-refractivity contribution in [1.82, 2.24) is 10.6 Å². The van der Waals surface area contributed by atoms with Gasteiger partial charge in [0.05, 0.1) is 0 Å². The average Bonchev–Trinajstić information content (AvgIpc) is 2.17. The first kappa shape index (κ1) is 12.5. The molecule has 88 valence electrons. The lowest BCUT2D eigenvalue weighted by molar-refractivity contribution is -0.149. The van der Waals surface area contributed by atoms with E-state index >= 15 is 0 Å². The molecule has 0 aromatic carbocycles. The van der Waals surface area contributed by atoms with Crippen molar-refractivity contribution in [2.24, 2.45) is 5.92 Å². The zero-order valence-corrected chi connectivity index (χ0v) is 9.84. The topological polar surface area (TPSA) is 61.4 Å². The zero-order chi connectivity index (χ0) is 11.5. The molecule has 3 N–H and O–H groups in total. The van der Waals surface area contributed by atoms with Crippen molar-refractivity contribution in [2.75, 3.05) is 13.1 Å². The summed E-state index contributed by atoms with van der Waals surface area (Å²) in [6, 6.07) is 0.202. The molecule has 0 bridgehead atoms. The summed E-state index contributed by atoms with van der Waals surface area (Å²) in [6.45, 7) is 7.63. The van der Waals surface area contributed by atoms with Crippen LogP contribution in [0.15, 0.2) is 0 Å². The van der Waals surface area contributed by atoms with E-state index in [0.29, 0.717) is 6.42 Å². The minimum absolute atomic E-state index is 0.172. The van der Waals surface area contributed by atoms with E-state index in [1.54, 1.807) is 0 Å². The van der Waals surface area contributed by atoms with E-state index in [-0.39, 0.29) is 12.0 Å². The van der Waals surface area contributed by atoms with Gasteiger partial charge in [-0.15, -0.1) is 0 Å². The maximum absolute atomic E-state index is 11.5. The van der Waals surface area contributed by atoms with Crippen molar-refractivity contribution < 1.29 is 9.90 Å². The van der Waals surface area contributed by atoms with Gasteiger partial charge in [-0.2, -0.15) is 0 Å². The molecule has 0 saturated carbocycles. The van der Waals surface area contributed by atoms with Crippen molar-refractivity contribution >= 4 is 5.97 Å². The SMILES string of the molecule is CCC1CNCCC1(NC(C)C)C(=O)O. The second-order valence-corrected chi connectivity index (χ2v) is 4.63. The van der Waals surface area contributed by atoms with Crippen molar-refractivity contribution in [1.29, 1.82) is 0 Å². The Hall–Kier alpha value is -0.610. The first-order chi connectivity index (χ1) is 7.03. The summed E-state index contributed by atoms with van der Waals surface area (Å²) >= 11 is 0. The molecule has 0 radical (unpaired) electrons. The summed E-state index contributed by atoms with van der Waals surface area (Å²) in [6.07, 6.45) is 1.55. The zero-order valence-electron chi connectivity index (χ0n) is 9.84. The van der Waals surface area contributed by atoms with Gasteiger partial charge in [-0.3, -0.25) is 10.1 Å². The van der Waals surface area contributed by atoms with E-state index < -0.39 is 11.5 Å². The fourth-order valence-electron chi connectivity index (χ4n) is 2.48. The van der Waals surface area contributed by atoms with Crippen LogP contribution in [-0.2, 0) is 4.79 Å². The molecule has 1 saturated heterocycles. The number of piperidine rings is 1. The Kier molecular flexibility index (Phi) is 4.11. The minimum Gasteiger partial charge on any atom is -0.480 e. The van der Waals surface area contributed by atoms with Crippen LogP contribution >= 0.6 is 0 Å². The molecular weight excluding hydrogens is 192 g/mol. The number of hydrogen-bond acceptors (Lipinski definition) is 3. The van der Waals surface area contributed by atoms with Gasteiger partial charge in [0, 0.05) is 18.5 Å². The molecule has 2 unspecified atom stereocenters. The molecular formula is C11H22N2O2. The molecule has 15 heavy (non-hydrogen) atoms. The van der Waals surface area contributed by atoms with E-state index in [2.05, 4.69) is 17.6 Å². The third-order valence-corrected chi connectivity index (χ3v) is 3.20. The Labute approximate surface area is 91.4 Å². The summed E-state index contributed by atoms with van der Waals surface area (Å²) in [7, 11) is 0. The second kappa shape index (κ2) is 4.94. The molecule has 4 nitrogen and oxygen atoms in total. The number of rotatable bonds is 4. The summed E-state index contributed by atoms with van der Waals surface area (Å²) in [4.78, 5) is 11.5. The van der Waals surface area contributed by atoms with Crippen LogP contribution in [0.4, 0.5) is 0 Å². The molecule has 1 aliphatic heterocycles. The highest BCUT2D eigenvalue weighted by Crippen LogP contribution is 2.28. The molecule has 0 aromatic heterocycles. The maximum Gasteiger partial charge on any atom is 0.324 e. The Balaban J connectivity index is 2.89. The van der Waals surface area contributed by atoms with Gasteiger partial charge in [-0.1, -0.05) is 6.92 Å². The standard InChI is InChI=1S/C11H22N2O2/c1-4-9-7-12-6-5-11(9,10(14)15)13-8(2)3/h8-9,12-13H,4-7H2,1-3H3,(H,14,15). The smallest absolute Gasteiger partial charge is 0.324 e. The highest BCUT2D eigenvalue weighted by Gasteiger charge is 2.46. The van der Waals surface area contributed by atoms with E-state index in [4.69, 9.17) is 0 Å². The number of aliphatic carboxylic acids is 1. The highest BCUT2D eigenvalue weighted by atomic mass is 16.4. The van der Waals surface area contributed by atoms with Gasteiger partial charge in [-0.05, 0) is 33.2 Å². The Bertz CT molecular complexity index is 231. The third-order valence-electron chi connectivity index (χ3n) is 3.20. The summed E-state index contributed by atoms with van der Waals surface area (Å²) in [5.74, 6) is -0.532. The molecule has 1 heterocycles. The van der Waals surface area contributed by atoms with E-state index in [1.807, 2.05) is 13.8 Å². The fraction of sp³-hybridized carbons (Fsp3) is 0.909. The van der Waals surface area contributed by atoms with Gasteiger partial charge in [-0.25, -0.2) is 0 Å². The first-order valence-corrected chi connectivity index (χ1v) is 5.74. The van der Waals surface area contributed by atoms with Crippen LogP contribution in [-0.4, -0.2) is 35.7 Å². The molecule has 0 aromatic rings. The Morgan fingerprint density at radius 1 is 1.67 bits per heavy atom. The highest BCUT2D eigenvalue weighted by molar-refractivity contribution is 5.79. The first-order valence-electron chi connectivity index (χ1n) is 5.74. The number of carbonyl (C=O) groups is 1. The van der Waals surface area contributed by atoms with Crippen LogP contribution in [0.2, 0.25) is 0 Å². The lowest BCUT2D eigenvalue weighted by atomic mass is 9.76. The van der Waals surface area contributed by atoms with E-state index in [0.717, 1.165) is 19.5 Å². The van der Waals surface area contributed by atoms with Gasteiger partial charge in [0.15, 0.2) is 0 Å². The molecule has 2 atom stereocenters. The summed E-state index contributed by atoms with van der Waals surface area (Å²) in [5, 5.41) is 16.0. The predicted molar refractivity (Wildman–Crippen MR) is 59.9 cm³/mol. The van der Waals surface area contributed by atoms with E-state index in [1.165, 1.54) is 0 Å². The Morgan fingerprint density at radius 3 is 2.80 bits per heavy atom. The lowest BCUT2D eigenvalue weighted by Crippen LogP contribution is -2.65. The van der Waals surface area contributed by atoms with Gasteiger partial charge in [0.1, 0.15) is 5.54 Å².